The summed E-state index contributed by atoms with van der Waals surface area (Å²) in [7, 11) is 0. The van der Waals surface area contributed by atoms with Crippen molar-refractivity contribution in [3.63, 3.8) is 0 Å². The summed E-state index contributed by atoms with van der Waals surface area (Å²) in [6, 6.07) is 0. The Balaban J connectivity index is 2.53. The van der Waals surface area contributed by atoms with Gasteiger partial charge in [-0.05, 0) is 39.5 Å². The van der Waals surface area contributed by atoms with Crippen LogP contribution in [0.15, 0.2) is 0 Å². The lowest BCUT2D eigenvalue weighted by Crippen LogP contribution is -2.42. The zero-order valence-corrected chi connectivity index (χ0v) is 12.4. The molecule has 0 saturated heterocycles. The number of rotatable bonds is 5. The van der Waals surface area contributed by atoms with Crippen molar-refractivity contribution in [2.24, 2.45) is 11.8 Å². The van der Waals surface area contributed by atoms with E-state index >= 15 is 0 Å². The molecule has 0 unspecified atom stereocenters. The van der Waals surface area contributed by atoms with E-state index in [-0.39, 0.29) is 44.7 Å². The van der Waals surface area contributed by atoms with Gasteiger partial charge < -0.3 is 9.64 Å². The fourth-order valence-corrected chi connectivity index (χ4v) is 2.63. The molecule has 0 spiro atoms. The molecule has 1 rings (SSSR count). The van der Waals surface area contributed by atoms with E-state index in [9.17, 15) is 22.8 Å². The first-order chi connectivity index (χ1) is 9.79. The molecule has 0 heterocycles. The molecule has 0 radical (unpaired) electrons. The van der Waals surface area contributed by atoms with Crippen molar-refractivity contribution < 1.29 is 27.5 Å². The number of alkyl halides is 3. The minimum Gasteiger partial charge on any atom is -0.465 e. The van der Waals surface area contributed by atoms with E-state index in [1.165, 1.54) is 4.90 Å². The quantitative estimate of drug-likeness (QED) is 0.734. The number of ether oxygens (including phenoxy) is 1. The van der Waals surface area contributed by atoms with Gasteiger partial charge in [0.2, 0.25) is 5.91 Å². The number of hydrogen-bond donors (Lipinski definition) is 0. The standard InChI is InChI=1S/C14H22F3NO3/c1-3-18(9-12(19)21-4-2)13(20)10-5-7-11(8-6-10)14(15,16)17/h10-11H,3-9H2,1-2H3. The van der Waals surface area contributed by atoms with Gasteiger partial charge in [-0.15, -0.1) is 0 Å². The maximum Gasteiger partial charge on any atom is 0.391 e. The fraction of sp³-hybridized carbons (Fsp3) is 0.857. The predicted molar refractivity (Wildman–Crippen MR) is 70.4 cm³/mol. The minimum atomic E-state index is -4.18. The summed E-state index contributed by atoms with van der Waals surface area (Å²) in [5.41, 5.74) is 0. The lowest BCUT2D eigenvalue weighted by atomic mass is 9.81. The van der Waals surface area contributed by atoms with Gasteiger partial charge in [0.15, 0.2) is 0 Å². The van der Waals surface area contributed by atoms with Crippen LogP contribution in [0.5, 0.6) is 0 Å². The highest BCUT2D eigenvalue weighted by molar-refractivity contribution is 5.83. The Morgan fingerprint density at radius 2 is 1.71 bits per heavy atom. The Hall–Kier alpha value is -1.27. The lowest BCUT2D eigenvalue weighted by Gasteiger charge is -2.32. The molecule has 0 aromatic carbocycles. The highest BCUT2D eigenvalue weighted by atomic mass is 19.4. The molecule has 4 nitrogen and oxygen atoms in total. The molecule has 0 bridgehead atoms. The zero-order chi connectivity index (χ0) is 16.0. The number of carbonyl (C=O) groups excluding carboxylic acids is 2. The molecule has 1 amide bonds. The van der Waals surface area contributed by atoms with Crippen LogP contribution in [-0.2, 0) is 14.3 Å². The molecule has 1 fully saturated rings. The van der Waals surface area contributed by atoms with E-state index in [0.717, 1.165) is 0 Å². The molecule has 21 heavy (non-hydrogen) atoms. The summed E-state index contributed by atoms with van der Waals surface area (Å²) in [5.74, 6) is -2.46. The Bertz CT molecular complexity index is 363. The van der Waals surface area contributed by atoms with Crippen LogP contribution >= 0.6 is 0 Å². The Morgan fingerprint density at radius 3 is 2.14 bits per heavy atom. The van der Waals surface area contributed by atoms with Crippen LogP contribution < -0.4 is 0 Å². The molecule has 7 heteroatoms. The van der Waals surface area contributed by atoms with Gasteiger partial charge in [0.25, 0.3) is 0 Å². The normalized spacial score (nSPS) is 22.7. The second kappa shape index (κ2) is 7.66. The predicted octanol–water partition coefficient (Wildman–Crippen LogP) is 2.77. The third-order valence-corrected chi connectivity index (χ3v) is 3.86. The first kappa shape index (κ1) is 17.8. The Kier molecular flexibility index (Phi) is 6.48. The summed E-state index contributed by atoms with van der Waals surface area (Å²) in [5, 5.41) is 0. The largest absolute Gasteiger partial charge is 0.465 e. The van der Waals surface area contributed by atoms with E-state index in [0.29, 0.717) is 6.54 Å². The van der Waals surface area contributed by atoms with Crippen LogP contribution in [-0.4, -0.2) is 42.6 Å². The molecule has 1 aliphatic rings. The molecule has 0 atom stereocenters. The average Bonchev–Trinajstić information content (AvgIpc) is 2.43. The van der Waals surface area contributed by atoms with Crippen molar-refractivity contribution >= 4 is 11.9 Å². The van der Waals surface area contributed by atoms with Crippen LogP contribution in [0, 0.1) is 11.8 Å². The topological polar surface area (TPSA) is 46.6 Å². The number of hydrogen-bond acceptors (Lipinski definition) is 3. The summed E-state index contributed by atoms with van der Waals surface area (Å²) in [6.07, 6.45) is -3.76. The van der Waals surface area contributed by atoms with Gasteiger partial charge in [-0.2, -0.15) is 13.2 Å². The monoisotopic (exact) mass is 309 g/mol. The summed E-state index contributed by atoms with van der Waals surface area (Å²) in [4.78, 5) is 25.0. The third kappa shape index (κ3) is 5.21. The SMILES string of the molecule is CCOC(=O)CN(CC)C(=O)C1CCC(C(F)(F)F)CC1. The van der Waals surface area contributed by atoms with Crippen molar-refractivity contribution in [2.75, 3.05) is 19.7 Å². The first-order valence-corrected chi connectivity index (χ1v) is 7.30. The van der Waals surface area contributed by atoms with Crippen LogP contribution in [0.25, 0.3) is 0 Å². The zero-order valence-electron chi connectivity index (χ0n) is 12.4. The van der Waals surface area contributed by atoms with Gasteiger partial charge in [-0.1, -0.05) is 0 Å². The Labute approximate surface area is 122 Å². The molecule has 0 aromatic rings. The van der Waals surface area contributed by atoms with Crippen molar-refractivity contribution in [1.29, 1.82) is 0 Å². The molecule has 1 aliphatic carbocycles. The average molecular weight is 309 g/mol. The molecule has 122 valence electrons. The number of halogens is 3. The lowest BCUT2D eigenvalue weighted by molar-refractivity contribution is -0.185. The summed E-state index contributed by atoms with van der Waals surface area (Å²) < 4.78 is 42.6. The molecule has 0 aromatic heterocycles. The van der Waals surface area contributed by atoms with Gasteiger partial charge >= 0.3 is 12.1 Å². The highest BCUT2D eigenvalue weighted by Gasteiger charge is 2.43. The first-order valence-electron chi connectivity index (χ1n) is 7.30. The van der Waals surface area contributed by atoms with E-state index in [2.05, 4.69) is 0 Å². The third-order valence-electron chi connectivity index (χ3n) is 3.86. The van der Waals surface area contributed by atoms with Crippen LogP contribution in [0.2, 0.25) is 0 Å². The molecule has 0 aliphatic heterocycles. The smallest absolute Gasteiger partial charge is 0.391 e. The van der Waals surface area contributed by atoms with Gasteiger partial charge in [-0.3, -0.25) is 9.59 Å². The van der Waals surface area contributed by atoms with Gasteiger partial charge in [0, 0.05) is 12.5 Å². The summed E-state index contributed by atoms with van der Waals surface area (Å²) >= 11 is 0. The number of likely N-dealkylation sites (N-methyl/N-ethyl adjacent to an activating group) is 1. The maximum atomic E-state index is 12.6. The van der Waals surface area contributed by atoms with Crippen LogP contribution in [0.3, 0.4) is 0 Å². The molecular formula is C14H22F3NO3. The van der Waals surface area contributed by atoms with E-state index in [4.69, 9.17) is 4.74 Å². The summed E-state index contributed by atoms with van der Waals surface area (Å²) in [6.45, 7) is 3.85. The van der Waals surface area contributed by atoms with Crippen molar-refractivity contribution in [3.05, 3.63) is 0 Å². The van der Waals surface area contributed by atoms with Crippen molar-refractivity contribution in [2.45, 2.75) is 45.7 Å². The second-order valence-electron chi connectivity index (χ2n) is 5.25. The number of amides is 1. The van der Waals surface area contributed by atoms with Gasteiger partial charge in [0.05, 0.1) is 12.5 Å². The highest BCUT2D eigenvalue weighted by Crippen LogP contribution is 2.39. The van der Waals surface area contributed by atoms with Gasteiger partial charge in [-0.25, -0.2) is 0 Å². The molecular weight excluding hydrogens is 287 g/mol. The Morgan fingerprint density at radius 1 is 1.14 bits per heavy atom. The molecule has 0 N–H and O–H groups in total. The van der Waals surface area contributed by atoms with Crippen LogP contribution in [0.4, 0.5) is 13.2 Å². The maximum absolute atomic E-state index is 12.6. The second-order valence-corrected chi connectivity index (χ2v) is 5.25. The van der Waals surface area contributed by atoms with E-state index in [1.807, 2.05) is 0 Å². The van der Waals surface area contributed by atoms with E-state index < -0.39 is 24.0 Å². The molecule has 1 saturated carbocycles. The minimum absolute atomic E-state index is 0.0170. The fourth-order valence-electron chi connectivity index (χ4n) is 2.63. The van der Waals surface area contributed by atoms with Gasteiger partial charge in [0.1, 0.15) is 6.54 Å². The number of esters is 1. The number of nitrogens with zero attached hydrogens (tertiary/aromatic N) is 1. The number of carbonyl (C=O) groups is 2. The van der Waals surface area contributed by atoms with Crippen molar-refractivity contribution in [1.82, 2.24) is 4.90 Å². The van der Waals surface area contributed by atoms with Crippen LogP contribution in [0.1, 0.15) is 39.5 Å². The van der Waals surface area contributed by atoms with Crippen molar-refractivity contribution in [3.8, 4) is 0 Å². The van der Waals surface area contributed by atoms with E-state index in [1.54, 1.807) is 13.8 Å².